The lowest BCUT2D eigenvalue weighted by molar-refractivity contribution is 0.673. The summed E-state index contributed by atoms with van der Waals surface area (Å²) < 4.78 is 105. The van der Waals surface area contributed by atoms with Crippen LogP contribution in [0.25, 0.3) is 65.7 Å². The zero-order chi connectivity index (χ0) is 40.0. The maximum Gasteiger partial charge on any atom is 0.143 e. The first-order valence-corrected chi connectivity index (χ1v) is 14.8. The van der Waals surface area contributed by atoms with Crippen LogP contribution in [0, 0.1) is 0 Å². The van der Waals surface area contributed by atoms with Crippen molar-refractivity contribution in [2.45, 2.75) is 0 Å². The molecule has 1 aromatic heterocycles. The smallest absolute Gasteiger partial charge is 0.143 e. The molecular formula is C44H29NO. The molecule has 216 valence electrons. The van der Waals surface area contributed by atoms with Crippen molar-refractivity contribution in [1.29, 1.82) is 0 Å². The summed E-state index contributed by atoms with van der Waals surface area (Å²) >= 11 is 0. The first-order valence-electron chi connectivity index (χ1n) is 20.3. The highest BCUT2D eigenvalue weighted by atomic mass is 16.3. The number of nitrogens with zero attached hydrogens (tertiary/aromatic N) is 1. The molecule has 0 amide bonds. The molecule has 0 saturated heterocycles. The first-order chi connectivity index (χ1) is 27.4. The largest absolute Gasteiger partial charge is 0.455 e. The predicted octanol–water partition coefficient (Wildman–Crippen LogP) is 12.7. The Morgan fingerprint density at radius 1 is 0.478 bits per heavy atom. The molecule has 0 aliphatic carbocycles. The van der Waals surface area contributed by atoms with E-state index in [-0.39, 0.29) is 45.5 Å². The zero-order valence-electron chi connectivity index (χ0n) is 35.2. The van der Waals surface area contributed by atoms with Gasteiger partial charge in [0, 0.05) is 32.9 Å². The summed E-state index contributed by atoms with van der Waals surface area (Å²) in [6, 6.07) is 27.2. The van der Waals surface area contributed by atoms with Gasteiger partial charge in [-0.25, -0.2) is 0 Å². The molecular weight excluding hydrogens is 558 g/mol. The first kappa shape index (κ1) is 17.4. The second-order valence-electron chi connectivity index (χ2n) is 10.9. The fourth-order valence-corrected chi connectivity index (χ4v) is 6.11. The topological polar surface area (TPSA) is 16.4 Å². The Bertz CT molecular complexity index is 3120. The van der Waals surface area contributed by atoms with Crippen LogP contribution < -0.4 is 4.90 Å². The zero-order valence-corrected chi connectivity index (χ0v) is 24.2. The molecule has 0 N–H and O–H groups in total. The number of rotatable bonds is 5. The van der Waals surface area contributed by atoms with E-state index in [4.69, 9.17) is 12.6 Å². The van der Waals surface area contributed by atoms with E-state index in [1.54, 1.807) is 48.5 Å². The lowest BCUT2D eigenvalue weighted by atomic mass is 9.97. The van der Waals surface area contributed by atoms with Crippen molar-refractivity contribution in [3.05, 3.63) is 176 Å². The number of anilines is 3. The molecule has 1 heterocycles. The van der Waals surface area contributed by atoms with Gasteiger partial charge in [0.05, 0.1) is 20.8 Å². The highest BCUT2D eigenvalue weighted by Crippen LogP contribution is 2.43. The van der Waals surface area contributed by atoms with E-state index in [0.29, 0.717) is 22.3 Å². The number of hydrogen-bond acceptors (Lipinski definition) is 2. The van der Waals surface area contributed by atoms with Gasteiger partial charge in [-0.2, -0.15) is 0 Å². The lowest BCUT2D eigenvalue weighted by Gasteiger charge is -2.27. The van der Waals surface area contributed by atoms with Crippen LogP contribution in [-0.2, 0) is 0 Å². The van der Waals surface area contributed by atoms with Crippen LogP contribution in [0.4, 0.5) is 17.1 Å². The van der Waals surface area contributed by atoms with Crippen molar-refractivity contribution in [1.82, 2.24) is 0 Å². The molecule has 2 nitrogen and oxygen atoms in total. The van der Waals surface area contributed by atoms with Crippen molar-refractivity contribution in [3.63, 3.8) is 0 Å². The van der Waals surface area contributed by atoms with Gasteiger partial charge in [-0.1, -0.05) is 133 Å². The summed E-state index contributed by atoms with van der Waals surface area (Å²) in [5, 5.41) is 3.09. The second kappa shape index (κ2) is 10.8. The van der Waals surface area contributed by atoms with Gasteiger partial charge in [-0.3, -0.25) is 0 Å². The van der Waals surface area contributed by atoms with E-state index < -0.39 is 54.4 Å². The van der Waals surface area contributed by atoms with Gasteiger partial charge in [0.1, 0.15) is 11.2 Å². The summed E-state index contributed by atoms with van der Waals surface area (Å²) in [5.41, 5.74) is 2.90. The van der Waals surface area contributed by atoms with Crippen LogP contribution in [0.3, 0.4) is 0 Å². The van der Waals surface area contributed by atoms with E-state index in [9.17, 15) is 6.85 Å². The lowest BCUT2D eigenvalue weighted by Crippen LogP contribution is -2.10. The molecule has 0 saturated carbocycles. The van der Waals surface area contributed by atoms with Gasteiger partial charge in [-0.15, -0.1) is 0 Å². The van der Waals surface area contributed by atoms with Gasteiger partial charge < -0.3 is 9.32 Å². The summed E-state index contributed by atoms with van der Waals surface area (Å²) in [5.74, 6) is 0. The number of benzene rings is 8. The summed E-state index contributed by atoms with van der Waals surface area (Å²) in [6.45, 7) is 0. The highest BCUT2D eigenvalue weighted by molar-refractivity contribution is 6.19. The average Bonchev–Trinajstić information content (AvgIpc) is 3.62. The number of hydrogen-bond donors (Lipinski definition) is 0. The van der Waals surface area contributed by atoms with E-state index >= 15 is 0 Å². The molecule has 0 spiro atoms. The summed E-state index contributed by atoms with van der Waals surface area (Å²) in [7, 11) is 0. The van der Waals surface area contributed by atoms with Gasteiger partial charge in [0.15, 0.2) is 0 Å². The van der Waals surface area contributed by atoms with E-state index in [1.165, 1.54) is 4.90 Å². The predicted molar refractivity (Wildman–Crippen MR) is 194 cm³/mol. The van der Waals surface area contributed by atoms with Crippen molar-refractivity contribution < 1.29 is 19.5 Å². The third-order valence-corrected chi connectivity index (χ3v) is 8.22. The molecule has 0 radical (unpaired) electrons. The van der Waals surface area contributed by atoms with Crippen LogP contribution in [0.1, 0.15) is 15.1 Å². The van der Waals surface area contributed by atoms with Gasteiger partial charge in [-0.05, 0) is 75.4 Å². The Morgan fingerprint density at radius 2 is 1.26 bits per heavy atom. The Hall–Kier alpha value is -6.12. The third-order valence-electron chi connectivity index (χ3n) is 8.22. The molecule has 0 atom stereocenters. The molecule has 8 aromatic carbocycles. The Labute approximate surface area is 282 Å². The second-order valence-corrected chi connectivity index (χ2v) is 10.9. The van der Waals surface area contributed by atoms with Crippen LogP contribution in [0.5, 0.6) is 0 Å². The van der Waals surface area contributed by atoms with Gasteiger partial charge in [0.25, 0.3) is 0 Å². The Balaban J connectivity index is 1.39. The highest BCUT2D eigenvalue weighted by Gasteiger charge is 2.18. The van der Waals surface area contributed by atoms with Crippen LogP contribution >= 0.6 is 0 Å². The SMILES string of the molecule is [2H]c1c([2H])c(N(c2cccc(-c3cccc4oc5c6ccccc6ccc5c34)c2)c2c([2H])c([2H])c([2H])c3c([2H])c([2H])c([2H])c([2H])c23)c([2H])c([2H])c1-c1ccccc1. The third kappa shape index (κ3) is 4.35. The van der Waals surface area contributed by atoms with Crippen LogP contribution in [0.2, 0.25) is 0 Å². The summed E-state index contributed by atoms with van der Waals surface area (Å²) in [6.07, 6.45) is 0. The van der Waals surface area contributed by atoms with E-state index in [1.807, 2.05) is 60.7 Å². The number of fused-ring (bicyclic) bond motifs is 6. The molecule has 9 rings (SSSR count). The van der Waals surface area contributed by atoms with Gasteiger partial charge in [0.2, 0.25) is 0 Å². The number of furan rings is 1. The molecule has 0 fully saturated rings. The van der Waals surface area contributed by atoms with Crippen LogP contribution in [-0.4, -0.2) is 0 Å². The molecule has 0 bridgehead atoms. The fraction of sp³-hybridized carbons (Fsp3) is 0. The average molecular weight is 599 g/mol. The van der Waals surface area contributed by atoms with E-state index in [0.717, 1.165) is 27.1 Å². The van der Waals surface area contributed by atoms with E-state index in [2.05, 4.69) is 0 Å². The maximum absolute atomic E-state index is 9.42. The minimum atomic E-state index is -0.637. The summed E-state index contributed by atoms with van der Waals surface area (Å²) in [4.78, 5) is 1.27. The standard InChI is InChI=1S/C44H29NO/c1-2-11-30(12-3-1)31-23-26-35(27-24-31)45(41-21-9-15-32-13-4-6-18-37(32)41)36-17-8-16-34(29-36)38-20-10-22-42-43(38)40-28-25-33-14-5-7-19-39(33)44(40)46-42/h1-29H/i4D,6D,9D,13D,15D,18D,21D,23D,24D,26D,27D. The van der Waals surface area contributed by atoms with Crippen molar-refractivity contribution in [2.24, 2.45) is 0 Å². The molecule has 0 unspecified atom stereocenters. The van der Waals surface area contributed by atoms with Crippen molar-refractivity contribution in [2.75, 3.05) is 4.90 Å². The van der Waals surface area contributed by atoms with Crippen molar-refractivity contribution >= 4 is 60.5 Å². The maximum atomic E-state index is 9.42. The monoisotopic (exact) mass is 598 g/mol. The minimum Gasteiger partial charge on any atom is -0.455 e. The molecule has 2 heteroatoms. The Morgan fingerprint density at radius 3 is 2.17 bits per heavy atom. The molecule has 0 aliphatic rings. The Kier molecular flexibility index (Phi) is 4.08. The van der Waals surface area contributed by atoms with Gasteiger partial charge >= 0.3 is 0 Å². The minimum absolute atomic E-state index is 0.0506. The normalized spacial score (nSPS) is 14.8. The molecule has 9 aromatic rings. The quantitative estimate of drug-likeness (QED) is 0.196. The molecule has 46 heavy (non-hydrogen) atoms. The fourth-order valence-electron chi connectivity index (χ4n) is 6.11. The van der Waals surface area contributed by atoms with Crippen LogP contribution in [0.15, 0.2) is 180 Å². The molecule has 0 aliphatic heterocycles. The van der Waals surface area contributed by atoms with Crippen molar-refractivity contribution in [3.8, 4) is 22.3 Å².